The van der Waals surface area contributed by atoms with Crippen LogP contribution in [0, 0.1) is 67.0 Å². The average molecular weight is 1630 g/mol. The van der Waals surface area contributed by atoms with Crippen molar-refractivity contribution < 1.29 is 85.7 Å². The van der Waals surface area contributed by atoms with Crippen molar-refractivity contribution in [3.8, 4) is 11.5 Å². The average Bonchev–Trinajstić information content (AvgIpc) is 0.853. The van der Waals surface area contributed by atoms with Crippen LogP contribution in [0.5, 0.6) is 0 Å². The minimum atomic E-state index is -1.86. The number of benzene rings is 4. The van der Waals surface area contributed by atoms with Gasteiger partial charge in [-0.3, -0.25) is 57.5 Å². The van der Waals surface area contributed by atoms with Crippen LogP contribution in [0.15, 0.2) is 69.9 Å². The van der Waals surface area contributed by atoms with Crippen LogP contribution in [0.4, 0.5) is 10.1 Å². The zero-order valence-electron chi connectivity index (χ0n) is 69.0. The van der Waals surface area contributed by atoms with Crippen molar-refractivity contribution in [2.24, 2.45) is 47.3 Å². The molecule has 3 aromatic carbocycles. The summed E-state index contributed by atoms with van der Waals surface area (Å²) in [6, 6.07) is 7.37. The van der Waals surface area contributed by atoms with Gasteiger partial charge in [0.1, 0.15) is 53.4 Å². The fourth-order valence-electron chi connectivity index (χ4n) is 16.6. The Bertz CT molecular complexity index is 4600. The van der Waals surface area contributed by atoms with Crippen LogP contribution in [0.3, 0.4) is 0 Å². The van der Waals surface area contributed by atoms with Gasteiger partial charge in [-0.15, -0.1) is 0 Å². The number of hydrogen-bond acceptors (Lipinski definition) is 21. The number of Topliss-reactive ketones (excluding diaryl/α,β-unsaturated/α-hetero) is 3. The number of ketones is 3. The highest BCUT2D eigenvalue weighted by atomic mass is 35.5. The number of ether oxygens (including phenoxy) is 2. The molecular weight excluding hydrogens is 1520 g/mol. The van der Waals surface area contributed by atoms with Crippen molar-refractivity contribution in [3.05, 3.63) is 115 Å². The Morgan fingerprint density at radius 2 is 1.09 bits per heavy atom. The zero-order valence-corrected chi connectivity index (χ0v) is 69.8. The van der Waals surface area contributed by atoms with Crippen LogP contribution >= 0.6 is 11.6 Å². The number of nitrogens with one attached hydrogen (secondary N) is 4. The summed E-state index contributed by atoms with van der Waals surface area (Å²) < 4.78 is 31.2. The SMILES string of the molecule is Cc1c2oc3c(C)ccc(C(=O)NC4C(=O)NC(C(C)C)C(=O)C5CCCC5C(=O)N(C)CC(=O)N(C)C(C(C)C)C(=O)OC4C)c3nc-2c(C(=O)NC2C(=O)NC(C(C)C)C(=O)C3CCCC3C(=O)N(C)CC(=O)N(C)C(C(C)C)C(=O)OC2C)c(N)c1=O.O=C(CCCN1CCC(O)(c2ccc(Cl)cc2)CC1)c1ccc(F)cc1. The van der Waals surface area contributed by atoms with E-state index in [1.165, 1.54) is 95.2 Å². The molecule has 31 heteroatoms. The van der Waals surface area contributed by atoms with Gasteiger partial charge < -0.3 is 70.5 Å². The van der Waals surface area contributed by atoms with E-state index in [0.717, 1.165) is 41.4 Å². The number of aliphatic hydroxyl groups is 1. The van der Waals surface area contributed by atoms with Gasteiger partial charge in [0.15, 0.2) is 28.7 Å². The van der Waals surface area contributed by atoms with Gasteiger partial charge in [-0.25, -0.2) is 19.0 Å². The molecule has 29 nitrogen and oxygen atoms in total. The molecule has 4 aliphatic heterocycles. The molecule has 10 rings (SSSR count). The Labute approximate surface area is 680 Å². The third kappa shape index (κ3) is 20.0. The Hall–Kier alpha value is -10.1. The van der Waals surface area contributed by atoms with E-state index in [9.17, 15) is 67.0 Å². The van der Waals surface area contributed by atoms with Crippen LogP contribution in [0.1, 0.15) is 181 Å². The summed E-state index contributed by atoms with van der Waals surface area (Å²) >= 11 is 5.92. The molecule has 628 valence electrons. The number of halogens is 2. The first kappa shape index (κ1) is 89.9. The van der Waals surface area contributed by atoms with Crippen molar-refractivity contribution in [2.75, 3.05) is 66.6 Å². The number of likely N-dealkylation sites (tertiary alicyclic amines) is 1. The topological polar surface area (TPSA) is 394 Å². The normalized spacial score (nSPS) is 25.4. The summed E-state index contributed by atoms with van der Waals surface area (Å²) in [5, 5.41) is 22.4. The van der Waals surface area contributed by atoms with E-state index < -0.39 is 202 Å². The Balaban J connectivity index is 0.000000496. The summed E-state index contributed by atoms with van der Waals surface area (Å²) in [6.45, 7) is 20.7. The van der Waals surface area contributed by atoms with Crippen LogP contribution in [0.2, 0.25) is 5.02 Å². The van der Waals surface area contributed by atoms with Crippen molar-refractivity contribution in [1.82, 2.24) is 50.8 Å². The lowest BCUT2D eigenvalue weighted by Gasteiger charge is -2.38. The molecule has 0 radical (unpaired) electrons. The number of rotatable bonds is 14. The molecule has 8 amide bonds. The fraction of sp³-hybridized carbons (Fsp3) is 0.565. The molecule has 7 aliphatic rings. The molecule has 3 aliphatic carbocycles. The van der Waals surface area contributed by atoms with E-state index in [1.54, 1.807) is 62.3 Å². The number of likely N-dealkylation sites (N-methyl/N-ethyl adjacent to an activating group) is 4. The lowest BCUT2D eigenvalue weighted by Crippen LogP contribution is -2.59. The maximum atomic E-state index is 15.2. The number of amides is 8. The number of carbonyl (C=O) groups excluding carboxylic acids is 13. The second-order valence-electron chi connectivity index (χ2n) is 33.2. The van der Waals surface area contributed by atoms with Gasteiger partial charge in [0.2, 0.25) is 40.9 Å². The second-order valence-corrected chi connectivity index (χ2v) is 33.6. The van der Waals surface area contributed by atoms with Gasteiger partial charge in [-0.2, -0.15) is 0 Å². The number of nitrogen functional groups attached to an aromatic ring is 1. The highest BCUT2D eigenvalue weighted by molar-refractivity contribution is 6.30. The zero-order chi connectivity index (χ0) is 85.5. The van der Waals surface area contributed by atoms with Crippen LogP contribution in [0.25, 0.3) is 22.6 Å². The van der Waals surface area contributed by atoms with E-state index in [2.05, 4.69) is 26.2 Å². The largest absolute Gasteiger partial charge is 0.458 e. The third-order valence-corrected chi connectivity index (χ3v) is 23.7. The maximum absolute atomic E-state index is 15.2. The van der Waals surface area contributed by atoms with E-state index in [4.69, 9.17) is 36.2 Å². The smallest absolute Gasteiger partial charge is 0.329 e. The molecule has 12 atom stereocenters. The highest BCUT2D eigenvalue weighted by Crippen LogP contribution is 2.40. The number of anilines is 1. The van der Waals surface area contributed by atoms with Crippen molar-refractivity contribution in [3.63, 3.8) is 0 Å². The fourth-order valence-corrected chi connectivity index (χ4v) is 16.7. The van der Waals surface area contributed by atoms with E-state index in [1.807, 2.05) is 24.3 Å². The predicted octanol–water partition coefficient (Wildman–Crippen LogP) is 7.14. The lowest BCUT2D eigenvalue weighted by molar-refractivity contribution is -0.163. The van der Waals surface area contributed by atoms with Gasteiger partial charge in [0.25, 0.3) is 11.8 Å². The summed E-state index contributed by atoms with van der Waals surface area (Å²) in [7, 11) is 5.66. The van der Waals surface area contributed by atoms with Crippen LogP contribution in [-0.4, -0.2) is 221 Å². The quantitative estimate of drug-likeness (QED) is 0.0278. The number of carbonyl (C=O) groups is 13. The first-order valence-corrected chi connectivity index (χ1v) is 40.3. The van der Waals surface area contributed by atoms with E-state index >= 15 is 9.59 Å². The Kier molecular flexibility index (Phi) is 29.4. The molecule has 0 aromatic heterocycles. The summed E-state index contributed by atoms with van der Waals surface area (Å²) in [6.07, 6.45) is 1.89. The lowest BCUT2D eigenvalue weighted by atomic mass is 9.83. The number of cyclic esters (lactones) is 2. The van der Waals surface area contributed by atoms with Gasteiger partial charge >= 0.3 is 11.9 Å². The minimum absolute atomic E-state index is 0.0414. The number of aryl methyl sites for hydroxylation is 1. The van der Waals surface area contributed by atoms with Crippen LogP contribution < -0.4 is 32.4 Å². The van der Waals surface area contributed by atoms with Crippen molar-refractivity contribution in [2.45, 2.75) is 201 Å². The van der Waals surface area contributed by atoms with Gasteiger partial charge in [0.05, 0.1) is 47.6 Å². The number of hydrogen-bond donors (Lipinski definition) is 6. The number of nitrogens with two attached hydrogens (primary N) is 1. The minimum Gasteiger partial charge on any atom is -0.458 e. The highest BCUT2D eigenvalue weighted by Gasteiger charge is 2.48. The van der Waals surface area contributed by atoms with Gasteiger partial charge in [-0.1, -0.05) is 98.0 Å². The Morgan fingerprint density at radius 1 is 0.638 bits per heavy atom. The molecule has 4 heterocycles. The Morgan fingerprint density at radius 3 is 1.55 bits per heavy atom. The number of piperidine rings is 1. The maximum Gasteiger partial charge on any atom is 0.329 e. The van der Waals surface area contributed by atoms with Gasteiger partial charge in [0, 0.05) is 87.5 Å². The molecule has 2 saturated carbocycles. The number of nitrogens with zero attached hydrogens (tertiary/aromatic N) is 6. The number of fused-ring (bicyclic) bond motifs is 4. The van der Waals surface area contributed by atoms with E-state index in [-0.39, 0.29) is 45.3 Å². The third-order valence-electron chi connectivity index (χ3n) is 23.5. The summed E-state index contributed by atoms with van der Waals surface area (Å²) in [5.74, 6) is -15.2. The first-order valence-electron chi connectivity index (χ1n) is 39.9. The van der Waals surface area contributed by atoms with Crippen LogP contribution in [-0.2, 0) is 63.0 Å². The standard InChI is InChI=1S/C64H88N10O16.C21H23ClFNO2/c1-27(2)44-53(78)35-19-17-21-37(35)61(84)71(13)25-40(75)73(15)50(29(5)6)63(86)88-33(11)46(59(82)67-44)69-57(80)39-24-23-31(9)55-48(39)66-49-42(43(65)52(77)32(10)56(49)90-55)58(81)70-47-34(12)89-64(87)51(30(7)8)74(16)41(76)26-72(14)62(85)38-22-18-20-36(38)54(79)45(28(3)4)68-60(47)83;22-18-7-5-17(6-8-18)21(26)11-14-24(15-12-21)13-1-2-20(25)16-3-9-19(23)10-4-16/h23-24,27-30,33-38,44-47,50-51H,17-22,25-26,65H2,1-16H3,(H,67,82)(H,68,83)(H,69,80)(H,70,81);3-10,26H,1-2,11-15H2. The summed E-state index contributed by atoms with van der Waals surface area (Å²) in [5.41, 5.74) is 4.33. The monoisotopic (exact) mass is 1630 g/mol. The van der Waals surface area contributed by atoms with Crippen molar-refractivity contribution >= 4 is 105 Å². The predicted molar refractivity (Wildman–Crippen MR) is 429 cm³/mol. The molecule has 116 heavy (non-hydrogen) atoms. The molecule has 3 aromatic rings. The summed E-state index contributed by atoms with van der Waals surface area (Å²) in [4.78, 5) is 211. The molecule has 0 spiro atoms. The molecular formula is C85H111ClFN11O18. The number of esters is 2. The molecule has 3 saturated heterocycles. The molecule has 0 bridgehead atoms. The van der Waals surface area contributed by atoms with Gasteiger partial charge in [-0.05, 0) is 156 Å². The second kappa shape index (κ2) is 37.9. The van der Waals surface area contributed by atoms with Crippen molar-refractivity contribution in [1.29, 1.82) is 0 Å². The first-order chi connectivity index (χ1) is 54.6. The molecule has 7 N–H and O–H groups in total. The number of aromatic nitrogens is 1. The van der Waals surface area contributed by atoms with E-state index in [0.29, 0.717) is 73.9 Å². The molecule has 12 unspecified atom stereocenters. The molecule has 5 fully saturated rings.